The van der Waals surface area contributed by atoms with Gasteiger partial charge in [-0.15, -0.1) is 0 Å². The van der Waals surface area contributed by atoms with Crippen LogP contribution in [0.4, 0.5) is 0 Å². The molecule has 0 aliphatic carbocycles. The third kappa shape index (κ3) is 12.8. The van der Waals surface area contributed by atoms with Crippen molar-refractivity contribution in [3.63, 3.8) is 0 Å². The lowest BCUT2D eigenvalue weighted by Gasteiger charge is -2.48. The van der Waals surface area contributed by atoms with Crippen LogP contribution in [0.3, 0.4) is 0 Å². The monoisotopic (exact) mass is 1060 g/mol. The molecule has 30 atom stereocenters. The number of nitrogens with one attached hydrogen (secondary N) is 2. The summed E-state index contributed by atoms with van der Waals surface area (Å²) in [5, 5.41) is 186. The molecule has 0 bridgehead atoms. The lowest BCUT2D eigenvalue weighted by atomic mass is 9.95. The molecule has 6 aliphatic rings. The van der Waals surface area contributed by atoms with Crippen molar-refractivity contribution in [1.29, 1.82) is 0 Å². The molecular formula is C40H68N2O30. The van der Waals surface area contributed by atoms with Gasteiger partial charge < -0.3 is 150 Å². The molecule has 6 rings (SSSR count). The maximum absolute atomic E-state index is 12.0. The zero-order valence-electron chi connectivity index (χ0n) is 38.8. The number of ether oxygens (including phenoxy) is 11. The van der Waals surface area contributed by atoms with Crippen LogP contribution in [0.1, 0.15) is 20.8 Å². The highest BCUT2D eigenvalue weighted by atomic mass is 16.8. The number of hydrogen-bond acceptors (Lipinski definition) is 30. The van der Waals surface area contributed by atoms with Gasteiger partial charge in [0.2, 0.25) is 11.8 Å². The molecule has 0 saturated carbocycles. The highest BCUT2D eigenvalue weighted by molar-refractivity contribution is 5.73. The Hall–Kier alpha value is -2.18. The van der Waals surface area contributed by atoms with Gasteiger partial charge in [-0.1, -0.05) is 0 Å². The first-order chi connectivity index (χ1) is 33.9. The minimum atomic E-state index is -2.04. The molecular weight excluding hydrogens is 988 g/mol. The summed E-state index contributed by atoms with van der Waals surface area (Å²) >= 11 is 0. The summed E-state index contributed by atoms with van der Waals surface area (Å²) < 4.78 is 61.3. The number of amides is 2. The highest BCUT2D eigenvalue weighted by Crippen LogP contribution is 2.35. The van der Waals surface area contributed by atoms with Gasteiger partial charge in [0.25, 0.3) is 0 Å². The van der Waals surface area contributed by atoms with Crippen molar-refractivity contribution in [2.24, 2.45) is 0 Å². The lowest BCUT2D eigenvalue weighted by Crippen LogP contribution is -2.68. The van der Waals surface area contributed by atoms with E-state index in [1.54, 1.807) is 0 Å². The Labute approximate surface area is 408 Å². The molecule has 0 aromatic heterocycles. The van der Waals surface area contributed by atoms with Gasteiger partial charge in [-0.3, -0.25) is 9.59 Å². The molecule has 6 aliphatic heterocycles. The van der Waals surface area contributed by atoms with Crippen molar-refractivity contribution < 1.29 is 149 Å². The normalized spacial score (nSPS) is 49.5. The van der Waals surface area contributed by atoms with Crippen LogP contribution in [0, 0.1) is 0 Å². The summed E-state index contributed by atoms with van der Waals surface area (Å²) in [7, 11) is 0. The molecule has 1 unspecified atom stereocenters. The molecule has 0 aromatic rings. The van der Waals surface area contributed by atoms with Crippen LogP contribution in [0.2, 0.25) is 0 Å². The molecule has 6 saturated heterocycles. The first kappa shape index (κ1) is 59.1. The maximum atomic E-state index is 12.0. The van der Waals surface area contributed by atoms with Gasteiger partial charge in [0, 0.05) is 13.8 Å². The van der Waals surface area contributed by atoms with E-state index in [-0.39, 0.29) is 0 Å². The van der Waals surface area contributed by atoms with Crippen molar-refractivity contribution in [3.8, 4) is 0 Å². The van der Waals surface area contributed by atoms with Gasteiger partial charge >= 0.3 is 0 Å². The van der Waals surface area contributed by atoms with Crippen LogP contribution in [-0.4, -0.2) is 316 Å². The van der Waals surface area contributed by atoms with E-state index in [0.717, 1.165) is 13.8 Å². The molecule has 6 fully saturated rings. The topological polar surface area (TPSA) is 504 Å². The third-order valence-corrected chi connectivity index (χ3v) is 13.1. The minimum Gasteiger partial charge on any atom is -0.394 e. The molecule has 0 spiro atoms. The molecule has 0 aromatic carbocycles. The van der Waals surface area contributed by atoms with Crippen LogP contribution >= 0.6 is 0 Å². The van der Waals surface area contributed by atoms with Crippen LogP contribution in [-0.2, 0) is 61.7 Å². The molecule has 72 heavy (non-hydrogen) atoms. The van der Waals surface area contributed by atoms with E-state index in [2.05, 4.69) is 10.6 Å². The summed E-state index contributed by atoms with van der Waals surface area (Å²) in [5.41, 5.74) is 0. The molecule has 418 valence electrons. The van der Waals surface area contributed by atoms with Crippen molar-refractivity contribution >= 4 is 11.8 Å². The van der Waals surface area contributed by atoms with E-state index in [9.17, 15) is 96.4 Å². The van der Waals surface area contributed by atoms with E-state index in [1.165, 1.54) is 6.92 Å². The predicted molar refractivity (Wildman–Crippen MR) is 221 cm³/mol. The standard InChI is InChI=1S/C40H68N2O30/c1-9-19(49)33(71-36-17(41-10(2)46)23(53)20(50)13(4-43)66-36)30(60)40(64-9)70-32-15(6-45)67-38(28(58)26(32)56)62-7-12(48)31-25(55)27(57)39(69-31)63-8-16-21(51)24(54)18(42-11(3)47)37(68-16)72-34-22(52)14(5-44)65-35(61)29(34)59/h9,12-40,43-45,48-61H,4-8H2,1-3H3,(H,41,46)(H,42,47)/t9-,12-,13-,14-,15-,16-,17-,18-,19-,20+,21+,22+,23-,24-,25-,26-,27-,28-,29-,30+,31+,32-,33+,34+,35?,36-,37+,38-,39-,40+/m1/s1. The maximum Gasteiger partial charge on any atom is 0.217 e. The molecule has 2 amide bonds. The van der Waals surface area contributed by atoms with Gasteiger partial charge in [-0.2, -0.15) is 0 Å². The summed E-state index contributed by atoms with van der Waals surface area (Å²) in [6, 6.07) is -3.04. The van der Waals surface area contributed by atoms with Crippen molar-refractivity contribution in [2.75, 3.05) is 33.0 Å². The van der Waals surface area contributed by atoms with E-state index in [1.807, 2.05) is 0 Å². The summed E-state index contributed by atoms with van der Waals surface area (Å²) in [5.74, 6) is -1.43. The van der Waals surface area contributed by atoms with Crippen LogP contribution in [0.5, 0.6) is 0 Å². The summed E-state index contributed by atoms with van der Waals surface area (Å²) in [4.78, 5) is 23.9. The van der Waals surface area contributed by atoms with Crippen molar-refractivity contribution in [2.45, 2.75) is 205 Å². The van der Waals surface area contributed by atoms with Gasteiger partial charge in [-0.05, 0) is 6.92 Å². The Kier molecular flexibility index (Phi) is 20.8. The smallest absolute Gasteiger partial charge is 0.217 e. The highest BCUT2D eigenvalue weighted by Gasteiger charge is 2.56. The van der Waals surface area contributed by atoms with E-state index in [0.29, 0.717) is 0 Å². The van der Waals surface area contributed by atoms with Gasteiger partial charge in [0.1, 0.15) is 140 Å². The van der Waals surface area contributed by atoms with Gasteiger partial charge in [0.05, 0.1) is 39.1 Å². The first-order valence-electron chi connectivity index (χ1n) is 23.0. The zero-order chi connectivity index (χ0) is 53.2. The van der Waals surface area contributed by atoms with Crippen LogP contribution in [0.15, 0.2) is 0 Å². The number of carbonyl (C=O) groups is 2. The number of aliphatic hydroxyl groups is 17. The Balaban J connectivity index is 1.04. The van der Waals surface area contributed by atoms with Gasteiger partial charge in [0.15, 0.2) is 37.7 Å². The molecule has 19 N–H and O–H groups in total. The number of hydrogen-bond donors (Lipinski definition) is 19. The summed E-state index contributed by atoms with van der Waals surface area (Å²) in [6.07, 6.45) is -49.4. The fourth-order valence-corrected chi connectivity index (χ4v) is 9.09. The third-order valence-electron chi connectivity index (χ3n) is 13.1. The van der Waals surface area contributed by atoms with E-state index >= 15 is 0 Å². The average molecular weight is 1060 g/mol. The average Bonchev–Trinajstić information content (AvgIpc) is 3.62. The zero-order valence-corrected chi connectivity index (χ0v) is 38.8. The quantitative estimate of drug-likeness (QED) is 0.0606. The Morgan fingerprint density at radius 3 is 1.49 bits per heavy atom. The number of carbonyl (C=O) groups excluding carboxylic acids is 2. The Bertz CT molecular complexity index is 1730. The predicted octanol–water partition coefficient (Wildman–Crippen LogP) is -12.8. The molecule has 32 nitrogen and oxygen atoms in total. The SMILES string of the molecule is CC(=O)N[C@H]1[C@H](O[C@H]2[C@@H](O)[C@@H](CO)OC(O)[C@@H]2O)O[C@H](CO[C@@H]2O[C@@H]([C@H](O)CO[C@@H]3O[C@H](CO)[C@@H](O[C@@H]4O[C@H](C)[C@@H](O)[C@H](O[C@H]5O[C@H](CO)[C@H](O)[C@H](O)[C@H]5NC(C)=O)[C@@H]4O)[C@H](O)[C@H]3O)[C@H](O)[C@H]2O)[C@H](O)[C@@H]1O. The largest absolute Gasteiger partial charge is 0.394 e. The molecule has 6 heterocycles. The second-order valence-electron chi connectivity index (χ2n) is 18.3. The Morgan fingerprint density at radius 1 is 0.458 bits per heavy atom. The van der Waals surface area contributed by atoms with Gasteiger partial charge in [-0.25, -0.2) is 0 Å². The van der Waals surface area contributed by atoms with E-state index < -0.39 is 229 Å². The molecule has 0 radical (unpaired) electrons. The van der Waals surface area contributed by atoms with Crippen molar-refractivity contribution in [1.82, 2.24) is 10.6 Å². The van der Waals surface area contributed by atoms with Crippen LogP contribution in [0.25, 0.3) is 0 Å². The molecule has 32 heteroatoms. The Morgan fingerprint density at radius 2 is 0.931 bits per heavy atom. The fraction of sp³-hybridized carbons (Fsp3) is 0.950. The second-order valence-corrected chi connectivity index (χ2v) is 18.3. The second kappa shape index (κ2) is 25.3. The van der Waals surface area contributed by atoms with Crippen LogP contribution < -0.4 is 10.6 Å². The lowest BCUT2D eigenvalue weighted by molar-refractivity contribution is -0.373. The minimum absolute atomic E-state index is 0.691. The number of rotatable bonds is 18. The van der Waals surface area contributed by atoms with E-state index in [4.69, 9.17) is 52.1 Å². The fourth-order valence-electron chi connectivity index (χ4n) is 9.09. The first-order valence-corrected chi connectivity index (χ1v) is 23.0. The number of aliphatic hydroxyl groups excluding tert-OH is 17. The van der Waals surface area contributed by atoms with Crippen molar-refractivity contribution in [3.05, 3.63) is 0 Å². The summed E-state index contributed by atoms with van der Waals surface area (Å²) in [6.45, 7) is -0.716.